The Morgan fingerprint density at radius 3 is 1.83 bits per heavy atom. The van der Waals surface area contributed by atoms with E-state index in [9.17, 15) is 29.1 Å². The van der Waals surface area contributed by atoms with Crippen molar-refractivity contribution >= 4 is 29.7 Å². The molecule has 0 aromatic rings. The first-order chi connectivity index (χ1) is 13.3. The lowest BCUT2D eigenvalue weighted by Crippen LogP contribution is -2.57. The molecule has 166 valence electrons. The lowest BCUT2D eigenvalue weighted by Gasteiger charge is -2.25. The van der Waals surface area contributed by atoms with Gasteiger partial charge in [-0.3, -0.25) is 19.2 Å². The summed E-state index contributed by atoms with van der Waals surface area (Å²) in [5.74, 6) is -5.50. The lowest BCUT2D eigenvalue weighted by atomic mass is 9.98. The number of amides is 3. The molecule has 0 aliphatic carbocycles. The van der Waals surface area contributed by atoms with Crippen LogP contribution in [0.5, 0.6) is 0 Å². The summed E-state index contributed by atoms with van der Waals surface area (Å²) in [5.41, 5.74) is 5.71. The van der Waals surface area contributed by atoms with Crippen LogP contribution in [0.15, 0.2) is 0 Å². The molecule has 0 spiro atoms. The fraction of sp³-hybridized carbons (Fsp3) is 0.722. The third-order valence-corrected chi connectivity index (χ3v) is 4.56. The Balaban J connectivity index is 5.20. The van der Waals surface area contributed by atoms with E-state index in [-0.39, 0.29) is 5.92 Å². The van der Waals surface area contributed by atoms with Crippen molar-refractivity contribution in [2.75, 3.05) is 0 Å². The highest BCUT2D eigenvalue weighted by molar-refractivity contribution is 5.95. The molecule has 0 aliphatic rings. The highest BCUT2D eigenvalue weighted by Gasteiger charge is 2.32. The molecule has 7 N–H and O–H groups in total. The molecule has 0 aromatic carbocycles. The molecule has 0 heterocycles. The Labute approximate surface area is 169 Å². The molecule has 0 rings (SSSR count). The molecular formula is C18H32N4O7. The van der Waals surface area contributed by atoms with Crippen LogP contribution < -0.4 is 21.7 Å². The lowest BCUT2D eigenvalue weighted by molar-refractivity contribution is -0.144. The Bertz CT molecular complexity index is 623. The second kappa shape index (κ2) is 12.0. The van der Waals surface area contributed by atoms with Crippen molar-refractivity contribution in [2.45, 2.75) is 71.6 Å². The van der Waals surface area contributed by atoms with Crippen LogP contribution in [-0.2, 0) is 24.0 Å². The fourth-order valence-corrected chi connectivity index (χ4v) is 2.30. The van der Waals surface area contributed by atoms with Crippen molar-refractivity contribution in [1.82, 2.24) is 16.0 Å². The minimum absolute atomic E-state index is 0.163. The molecule has 11 nitrogen and oxygen atoms in total. The van der Waals surface area contributed by atoms with Crippen LogP contribution in [0.3, 0.4) is 0 Å². The predicted octanol–water partition coefficient (Wildman–Crippen LogP) is -0.951. The van der Waals surface area contributed by atoms with E-state index in [2.05, 4.69) is 16.0 Å². The molecule has 11 heteroatoms. The summed E-state index contributed by atoms with van der Waals surface area (Å²) in [6.45, 7) is 8.20. The van der Waals surface area contributed by atoms with Crippen molar-refractivity contribution in [2.24, 2.45) is 17.6 Å². The molecule has 5 atom stereocenters. The number of aliphatic carboxylic acids is 2. The van der Waals surface area contributed by atoms with Gasteiger partial charge in [0.25, 0.3) is 0 Å². The zero-order chi connectivity index (χ0) is 22.9. The average Bonchev–Trinajstić information content (AvgIpc) is 2.62. The third-order valence-electron chi connectivity index (χ3n) is 4.56. The monoisotopic (exact) mass is 416 g/mol. The van der Waals surface area contributed by atoms with E-state index in [1.54, 1.807) is 27.7 Å². The van der Waals surface area contributed by atoms with E-state index < -0.39 is 66.2 Å². The molecule has 0 radical (unpaired) electrons. The van der Waals surface area contributed by atoms with E-state index in [0.717, 1.165) is 0 Å². The molecule has 0 aromatic heterocycles. The Morgan fingerprint density at radius 2 is 1.41 bits per heavy atom. The number of carbonyl (C=O) groups is 5. The van der Waals surface area contributed by atoms with Gasteiger partial charge in [0.2, 0.25) is 17.7 Å². The maximum atomic E-state index is 12.4. The van der Waals surface area contributed by atoms with Gasteiger partial charge in [-0.2, -0.15) is 0 Å². The maximum Gasteiger partial charge on any atom is 0.326 e. The van der Waals surface area contributed by atoms with E-state index in [1.165, 1.54) is 6.92 Å². The summed E-state index contributed by atoms with van der Waals surface area (Å²) in [4.78, 5) is 59.2. The summed E-state index contributed by atoms with van der Waals surface area (Å²) < 4.78 is 0. The second-order valence-corrected chi connectivity index (χ2v) is 7.37. The predicted molar refractivity (Wildman–Crippen MR) is 104 cm³/mol. The van der Waals surface area contributed by atoms with Crippen LogP contribution in [0, 0.1) is 11.8 Å². The van der Waals surface area contributed by atoms with Crippen molar-refractivity contribution in [1.29, 1.82) is 0 Å². The molecule has 29 heavy (non-hydrogen) atoms. The second-order valence-electron chi connectivity index (χ2n) is 7.37. The third kappa shape index (κ3) is 8.90. The molecule has 0 saturated carbocycles. The van der Waals surface area contributed by atoms with Gasteiger partial charge in [0, 0.05) is 0 Å². The minimum atomic E-state index is -1.51. The SMILES string of the molecule is CCC(C)C(NC(=O)C(CC(=O)O)NC(=O)C(C)NC(=O)C(N)C(C)C)C(=O)O. The number of nitrogens with one attached hydrogen (secondary N) is 3. The first-order valence-electron chi connectivity index (χ1n) is 9.43. The molecule has 5 unspecified atom stereocenters. The van der Waals surface area contributed by atoms with Crippen LogP contribution >= 0.6 is 0 Å². The molecule has 0 fully saturated rings. The first-order valence-corrected chi connectivity index (χ1v) is 9.43. The molecular weight excluding hydrogens is 384 g/mol. The van der Waals surface area contributed by atoms with Crippen LogP contribution in [0.1, 0.15) is 47.5 Å². The fourth-order valence-electron chi connectivity index (χ4n) is 2.30. The van der Waals surface area contributed by atoms with Crippen LogP contribution in [0.25, 0.3) is 0 Å². The number of hydrogen-bond acceptors (Lipinski definition) is 6. The van der Waals surface area contributed by atoms with Gasteiger partial charge in [-0.1, -0.05) is 34.1 Å². The van der Waals surface area contributed by atoms with Crippen LogP contribution in [0.4, 0.5) is 0 Å². The zero-order valence-electron chi connectivity index (χ0n) is 17.4. The van der Waals surface area contributed by atoms with Crippen molar-refractivity contribution < 1.29 is 34.2 Å². The number of carboxylic acid groups (broad SMARTS) is 2. The van der Waals surface area contributed by atoms with Crippen molar-refractivity contribution in [3.05, 3.63) is 0 Å². The van der Waals surface area contributed by atoms with Crippen molar-refractivity contribution in [3.63, 3.8) is 0 Å². The van der Waals surface area contributed by atoms with Gasteiger partial charge in [-0.25, -0.2) is 4.79 Å². The van der Waals surface area contributed by atoms with Crippen LogP contribution in [-0.4, -0.2) is 64.0 Å². The topological polar surface area (TPSA) is 188 Å². The van der Waals surface area contributed by atoms with Gasteiger partial charge in [0.1, 0.15) is 18.1 Å². The summed E-state index contributed by atoms with van der Waals surface area (Å²) in [6, 6.07) is -4.66. The normalized spacial score (nSPS) is 16.1. The molecule has 3 amide bonds. The largest absolute Gasteiger partial charge is 0.481 e. The first kappa shape index (κ1) is 26.3. The summed E-state index contributed by atoms with van der Waals surface area (Å²) in [7, 11) is 0. The summed E-state index contributed by atoms with van der Waals surface area (Å²) in [5, 5.41) is 25.2. The van der Waals surface area contributed by atoms with E-state index in [4.69, 9.17) is 10.8 Å². The van der Waals surface area contributed by atoms with Gasteiger partial charge in [0.05, 0.1) is 12.5 Å². The summed E-state index contributed by atoms with van der Waals surface area (Å²) >= 11 is 0. The van der Waals surface area contributed by atoms with E-state index >= 15 is 0 Å². The van der Waals surface area contributed by atoms with E-state index in [0.29, 0.717) is 6.42 Å². The molecule has 0 bridgehead atoms. The number of carbonyl (C=O) groups excluding carboxylic acids is 3. The Hall–Kier alpha value is -2.69. The number of hydrogen-bond donors (Lipinski definition) is 6. The van der Waals surface area contributed by atoms with Gasteiger partial charge in [0.15, 0.2) is 0 Å². The van der Waals surface area contributed by atoms with Crippen LogP contribution in [0.2, 0.25) is 0 Å². The van der Waals surface area contributed by atoms with Crippen molar-refractivity contribution in [3.8, 4) is 0 Å². The standard InChI is InChI=1S/C18H32N4O7/c1-6-9(4)14(18(28)29)22-16(26)11(7-12(23)24)21-15(25)10(5)20-17(27)13(19)8(2)3/h8-11,13-14H,6-7,19H2,1-5H3,(H,20,27)(H,21,25)(H,22,26)(H,23,24)(H,28,29). The van der Waals surface area contributed by atoms with Gasteiger partial charge < -0.3 is 31.9 Å². The number of carboxylic acids is 2. The average molecular weight is 416 g/mol. The summed E-state index contributed by atoms with van der Waals surface area (Å²) in [6.07, 6.45) is -0.289. The van der Waals surface area contributed by atoms with Gasteiger partial charge in [-0.15, -0.1) is 0 Å². The quantitative estimate of drug-likeness (QED) is 0.235. The Morgan fingerprint density at radius 1 is 0.862 bits per heavy atom. The zero-order valence-corrected chi connectivity index (χ0v) is 17.4. The number of nitrogens with two attached hydrogens (primary N) is 1. The smallest absolute Gasteiger partial charge is 0.326 e. The van der Waals surface area contributed by atoms with Gasteiger partial charge in [-0.05, 0) is 18.8 Å². The molecule has 0 saturated heterocycles. The maximum absolute atomic E-state index is 12.4. The van der Waals surface area contributed by atoms with Gasteiger partial charge >= 0.3 is 11.9 Å². The van der Waals surface area contributed by atoms with E-state index in [1.807, 2.05) is 0 Å². The highest BCUT2D eigenvalue weighted by Crippen LogP contribution is 2.09. The highest BCUT2D eigenvalue weighted by atomic mass is 16.4. The minimum Gasteiger partial charge on any atom is -0.481 e. The Kier molecular flexibility index (Phi) is 10.9. The number of rotatable bonds is 12. The molecule has 0 aliphatic heterocycles.